The molecule has 10 rings (SSSR count). The summed E-state index contributed by atoms with van der Waals surface area (Å²) in [6, 6.07) is 14.5. The maximum absolute atomic E-state index is 15.0. The van der Waals surface area contributed by atoms with Gasteiger partial charge in [0, 0.05) is 106 Å². The van der Waals surface area contributed by atoms with Crippen LogP contribution in [0, 0.1) is 32.9 Å². The minimum atomic E-state index is -0.266. The summed E-state index contributed by atoms with van der Waals surface area (Å²) in [6.07, 6.45) is 8.53. The van der Waals surface area contributed by atoms with Gasteiger partial charge in [0.15, 0.2) is 0 Å². The van der Waals surface area contributed by atoms with Gasteiger partial charge in [0.05, 0.1) is 35.6 Å². The first kappa shape index (κ1) is 41.2. The van der Waals surface area contributed by atoms with Gasteiger partial charge in [0.1, 0.15) is 43.2 Å². The summed E-state index contributed by atoms with van der Waals surface area (Å²) in [5, 5.41) is 6.72. The molecule has 0 amide bonds. The summed E-state index contributed by atoms with van der Waals surface area (Å²) in [5.41, 5.74) is 12.2. The number of hydrogen-bond acceptors (Lipinski definition) is 12. The van der Waals surface area contributed by atoms with Crippen molar-refractivity contribution in [3.05, 3.63) is 138 Å². The van der Waals surface area contributed by atoms with Crippen molar-refractivity contribution in [2.24, 2.45) is 0 Å². The van der Waals surface area contributed by atoms with Crippen LogP contribution in [0.15, 0.2) is 73.6 Å². The van der Waals surface area contributed by atoms with Gasteiger partial charge in [-0.25, -0.2) is 28.7 Å². The quantitative estimate of drug-likeness (QED) is 0.0648. The molecule has 2 aliphatic heterocycles. The summed E-state index contributed by atoms with van der Waals surface area (Å²) >= 11 is 4.50. The molecular weight excluding hydrogens is 1060 g/mol. The number of rotatable bonds is 13. The van der Waals surface area contributed by atoms with E-state index in [4.69, 9.17) is 29.4 Å². The van der Waals surface area contributed by atoms with Crippen molar-refractivity contribution >= 4 is 89.7 Å². The Kier molecular flexibility index (Phi) is 11.6. The number of halogens is 4. The standard InChI is InChI=1S/C44H36F2I2N10O2S2/c1-23-3-5-25(31-17-51-43(57-21-53-41(47)39(31)57)49-15-29-27-11-13-59-37(27)9-7-33(29)45)35(55-23)19-61-62-20-36-26(6-4-24(2)56-36)32-18-52-44(58-22-54-42(48)40(32)58)50-16-30-28-12-14-60-38(28)10-8-34(30)46/h3-10,17-18,21-22H,11-16,19-20H2,1-2H3,(H,49,51)(H,50,52). The molecule has 62 heavy (non-hydrogen) atoms. The van der Waals surface area contributed by atoms with Crippen molar-refractivity contribution in [3.8, 4) is 33.8 Å². The molecule has 18 heteroatoms. The lowest BCUT2D eigenvalue weighted by Gasteiger charge is -2.15. The highest BCUT2D eigenvalue weighted by Crippen LogP contribution is 2.39. The van der Waals surface area contributed by atoms with Crippen LogP contribution >= 0.6 is 66.8 Å². The van der Waals surface area contributed by atoms with Crippen LogP contribution in [0.3, 0.4) is 0 Å². The minimum Gasteiger partial charge on any atom is -0.493 e. The van der Waals surface area contributed by atoms with Gasteiger partial charge in [0.25, 0.3) is 0 Å². The molecule has 0 radical (unpaired) electrons. The van der Waals surface area contributed by atoms with Gasteiger partial charge in [-0.3, -0.25) is 18.8 Å². The summed E-state index contributed by atoms with van der Waals surface area (Å²) in [5.74, 6) is 3.32. The molecule has 0 atom stereocenters. The van der Waals surface area contributed by atoms with Crippen molar-refractivity contribution in [1.82, 2.24) is 38.7 Å². The number of hydrogen-bond donors (Lipinski definition) is 2. The van der Waals surface area contributed by atoms with E-state index in [0.29, 0.717) is 60.6 Å². The van der Waals surface area contributed by atoms with Gasteiger partial charge in [0.2, 0.25) is 11.9 Å². The van der Waals surface area contributed by atoms with Crippen molar-refractivity contribution in [2.75, 3.05) is 23.8 Å². The van der Waals surface area contributed by atoms with Crippen LogP contribution in [0.1, 0.15) is 45.0 Å². The van der Waals surface area contributed by atoms with Crippen LogP contribution in [0.25, 0.3) is 33.3 Å². The van der Waals surface area contributed by atoms with E-state index < -0.39 is 0 Å². The van der Waals surface area contributed by atoms with Crippen LogP contribution in [0.5, 0.6) is 11.5 Å². The Balaban J connectivity index is 0.874. The zero-order valence-electron chi connectivity index (χ0n) is 33.3. The molecule has 8 aromatic rings. The number of aromatic nitrogens is 8. The molecule has 2 aliphatic rings. The molecule has 2 aromatic carbocycles. The highest BCUT2D eigenvalue weighted by molar-refractivity contribution is 14.1. The van der Waals surface area contributed by atoms with E-state index in [9.17, 15) is 8.78 Å². The number of fused-ring (bicyclic) bond motifs is 4. The summed E-state index contributed by atoms with van der Waals surface area (Å²) in [4.78, 5) is 28.9. The second-order valence-electron chi connectivity index (χ2n) is 14.8. The second kappa shape index (κ2) is 17.4. The summed E-state index contributed by atoms with van der Waals surface area (Å²) in [6.45, 7) is 5.62. The van der Waals surface area contributed by atoms with E-state index in [0.717, 1.165) is 86.1 Å². The Morgan fingerprint density at radius 1 is 0.613 bits per heavy atom. The second-order valence-corrected chi connectivity index (χ2v) is 19.3. The number of nitrogens with one attached hydrogen (secondary N) is 2. The molecule has 0 spiro atoms. The van der Waals surface area contributed by atoms with E-state index in [-0.39, 0.29) is 24.7 Å². The maximum atomic E-state index is 15.0. The van der Waals surface area contributed by atoms with E-state index in [1.165, 1.54) is 12.1 Å². The van der Waals surface area contributed by atoms with Crippen molar-refractivity contribution in [1.29, 1.82) is 0 Å². The highest BCUT2D eigenvalue weighted by Gasteiger charge is 2.24. The smallest absolute Gasteiger partial charge is 0.209 e. The van der Waals surface area contributed by atoms with Crippen LogP contribution in [0.2, 0.25) is 0 Å². The average Bonchev–Trinajstić information content (AvgIpc) is 4.10. The first-order valence-electron chi connectivity index (χ1n) is 19.8. The minimum absolute atomic E-state index is 0.262. The molecule has 0 saturated carbocycles. The van der Waals surface area contributed by atoms with Gasteiger partial charge in [-0.05, 0) is 95.4 Å². The third kappa shape index (κ3) is 7.80. The van der Waals surface area contributed by atoms with Crippen molar-refractivity contribution < 1.29 is 18.3 Å². The van der Waals surface area contributed by atoms with Crippen LogP contribution in [0.4, 0.5) is 20.7 Å². The number of ether oxygens (including phenoxy) is 2. The van der Waals surface area contributed by atoms with Gasteiger partial charge in [-0.1, -0.05) is 33.7 Å². The Labute approximate surface area is 390 Å². The molecule has 0 aliphatic carbocycles. The first-order valence-corrected chi connectivity index (χ1v) is 24.4. The summed E-state index contributed by atoms with van der Waals surface area (Å²) in [7, 11) is 3.42. The molecular formula is C44H36F2I2N10O2S2. The Hall–Kier alpha value is -4.80. The SMILES string of the molecule is Cc1ccc(-c2cnc(NCc3c(F)ccc4c3CCO4)n3cnc(I)c23)c(CSSCc2nc(C)ccc2-c2cnc(NCc3c(F)ccc4c3CCO4)n3cnc(I)c23)n1. The van der Waals surface area contributed by atoms with Gasteiger partial charge in [-0.2, -0.15) is 0 Å². The lowest BCUT2D eigenvalue weighted by atomic mass is 10.0. The number of pyridine rings is 2. The zero-order valence-corrected chi connectivity index (χ0v) is 39.3. The number of anilines is 2. The lowest BCUT2D eigenvalue weighted by Crippen LogP contribution is -2.10. The molecule has 0 unspecified atom stereocenters. The van der Waals surface area contributed by atoms with Crippen LogP contribution in [-0.2, 0) is 37.4 Å². The molecule has 2 N–H and O–H groups in total. The Morgan fingerprint density at radius 3 is 1.52 bits per heavy atom. The predicted molar refractivity (Wildman–Crippen MR) is 256 cm³/mol. The molecule has 0 fully saturated rings. The Morgan fingerprint density at radius 2 is 1.06 bits per heavy atom. The fourth-order valence-electron chi connectivity index (χ4n) is 8.08. The van der Waals surface area contributed by atoms with Gasteiger partial charge < -0.3 is 20.1 Å². The topological polar surface area (TPSA) is 129 Å². The Bertz CT molecular complexity index is 2850. The fourth-order valence-corrected chi connectivity index (χ4v) is 11.4. The van der Waals surface area contributed by atoms with Crippen LogP contribution in [-0.4, -0.2) is 51.9 Å². The largest absolute Gasteiger partial charge is 0.493 e. The monoisotopic (exact) mass is 1090 g/mol. The number of aryl methyl sites for hydroxylation is 2. The highest BCUT2D eigenvalue weighted by atomic mass is 127. The number of benzene rings is 2. The molecule has 0 bridgehead atoms. The molecule has 12 nitrogen and oxygen atoms in total. The van der Waals surface area contributed by atoms with Gasteiger partial charge in [-0.15, -0.1) is 0 Å². The third-order valence-electron chi connectivity index (χ3n) is 11.1. The number of nitrogens with zero attached hydrogens (tertiary/aromatic N) is 8. The van der Waals surface area contributed by atoms with E-state index in [1.54, 1.807) is 46.4 Å². The van der Waals surface area contributed by atoms with E-state index in [2.05, 4.69) is 77.9 Å². The summed E-state index contributed by atoms with van der Waals surface area (Å²) < 4.78 is 46.8. The van der Waals surface area contributed by atoms with Crippen molar-refractivity contribution in [2.45, 2.75) is 51.3 Å². The van der Waals surface area contributed by atoms with E-state index >= 15 is 0 Å². The molecule has 314 valence electrons. The normalized spacial score (nSPS) is 13.1. The average molecular weight is 1090 g/mol. The fraction of sp³-hybridized carbons (Fsp3) is 0.227. The lowest BCUT2D eigenvalue weighted by molar-refractivity contribution is 0.356. The zero-order chi connectivity index (χ0) is 42.5. The molecule has 6 aromatic heterocycles. The third-order valence-corrected chi connectivity index (χ3v) is 14.8. The van der Waals surface area contributed by atoms with E-state index in [1.807, 2.05) is 47.2 Å². The van der Waals surface area contributed by atoms with Crippen LogP contribution < -0.4 is 20.1 Å². The van der Waals surface area contributed by atoms with Crippen molar-refractivity contribution in [3.63, 3.8) is 0 Å². The van der Waals surface area contributed by atoms with Gasteiger partial charge >= 0.3 is 0 Å². The molecule has 0 saturated heterocycles. The maximum Gasteiger partial charge on any atom is 0.209 e. The number of imidazole rings is 2. The molecule has 8 heterocycles. The first-order chi connectivity index (χ1) is 30.2. The predicted octanol–water partition coefficient (Wildman–Crippen LogP) is 10.2.